The molecule has 6 heteroatoms. The lowest BCUT2D eigenvalue weighted by Crippen LogP contribution is -2.32. The van der Waals surface area contributed by atoms with E-state index in [0.717, 1.165) is 24.8 Å². The Hall–Kier alpha value is -2.63. The molecule has 1 heterocycles. The van der Waals surface area contributed by atoms with E-state index in [2.05, 4.69) is 40.5 Å². The monoisotopic (exact) mass is 340 g/mol. The van der Waals surface area contributed by atoms with Crippen molar-refractivity contribution in [1.82, 2.24) is 20.6 Å². The Labute approximate surface area is 147 Å². The molecular formula is C19H24N4O2. The first-order chi connectivity index (χ1) is 12.1. The van der Waals surface area contributed by atoms with Gasteiger partial charge in [-0.1, -0.05) is 38.1 Å². The van der Waals surface area contributed by atoms with Crippen molar-refractivity contribution in [3.63, 3.8) is 0 Å². The number of hydrogen-bond acceptors (Lipinski definition) is 3. The van der Waals surface area contributed by atoms with Gasteiger partial charge in [-0.25, -0.2) is 4.98 Å². The second kappa shape index (κ2) is 7.51. The number of H-pyrrole nitrogens is 1. The molecule has 1 unspecified atom stereocenters. The third kappa shape index (κ3) is 3.90. The molecule has 0 saturated carbocycles. The van der Waals surface area contributed by atoms with Crippen LogP contribution in [0.15, 0.2) is 30.6 Å². The van der Waals surface area contributed by atoms with E-state index in [0.29, 0.717) is 12.5 Å². The molecule has 3 N–H and O–H groups in total. The molecule has 0 fully saturated rings. The second-order valence-electron chi connectivity index (χ2n) is 6.83. The lowest BCUT2D eigenvalue weighted by molar-refractivity contribution is 0.0903. The van der Waals surface area contributed by atoms with Gasteiger partial charge >= 0.3 is 0 Å². The van der Waals surface area contributed by atoms with E-state index in [9.17, 15) is 9.59 Å². The normalized spacial score (nSPS) is 15.9. The van der Waals surface area contributed by atoms with E-state index < -0.39 is 0 Å². The summed E-state index contributed by atoms with van der Waals surface area (Å²) in [5.74, 6) is -0.112. The largest absolute Gasteiger partial charge is 0.351 e. The molecule has 1 aromatic heterocycles. The molecule has 6 nitrogen and oxygen atoms in total. The number of hydrogen-bond donors (Lipinski definition) is 3. The van der Waals surface area contributed by atoms with Gasteiger partial charge in [-0.05, 0) is 36.3 Å². The number of imidazole rings is 1. The summed E-state index contributed by atoms with van der Waals surface area (Å²) in [7, 11) is 0. The van der Waals surface area contributed by atoms with Crippen molar-refractivity contribution in [2.75, 3.05) is 6.54 Å². The number of nitrogens with one attached hydrogen (secondary N) is 3. The number of aromatic amines is 1. The van der Waals surface area contributed by atoms with Gasteiger partial charge in [0, 0.05) is 6.54 Å². The maximum Gasteiger partial charge on any atom is 0.272 e. The molecule has 0 radical (unpaired) electrons. The molecule has 1 aliphatic carbocycles. The minimum atomic E-state index is -0.322. The van der Waals surface area contributed by atoms with Gasteiger partial charge in [0.25, 0.3) is 11.8 Å². The van der Waals surface area contributed by atoms with Crippen LogP contribution in [-0.2, 0) is 6.42 Å². The van der Waals surface area contributed by atoms with Crippen LogP contribution in [0, 0.1) is 5.92 Å². The summed E-state index contributed by atoms with van der Waals surface area (Å²) in [6, 6.07) is 8.08. The summed E-state index contributed by atoms with van der Waals surface area (Å²) in [6.07, 6.45) is 4.09. The highest BCUT2D eigenvalue weighted by molar-refractivity contribution is 6.04. The number of aryl methyl sites for hydroxylation is 1. The van der Waals surface area contributed by atoms with E-state index >= 15 is 0 Å². The number of nitrogens with zero attached hydrogens (tertiary/aromatic N) is 1. The summed E-state index contributed by atoms with van der Waals surface area (Å²) in [6.45, 7) is 4.77. The first-order valence-electron chi connectivity index (χ1n) is 8.76. The van der Waals surface area contributed by atoms with Crippen molar-refractivity contribution in [2.45, 2.75) is 39.2 Å². The molecule has 2 aromatic rings. The third-order valence-corrected chi connectivity index (χ3v) is 4.53. The van der Waals surface area contributed by atoms with Gasteiger partial charge in [-0.15, -0.1) is 0 Å². The first kappa shape index (κ1) is 17.2. The minimum absolute atomic E-state index is 0.0303. The molecule has 0 aliphatic heterocycles. The van der Waals surface area contributed by atoms with Crippen molar-refractivity contribution in [1.29, 1.82) is 0 Å². The predicted molar refractivity (Wildman–Crippen MR) is 95.3 cm³/mol. The van der Waals surface area contributed by atoms with E-state index in [1.54, 1.807) is 0 Å². The Morgan fingerprint density at radius 3 is 2.88 bits per heavy atom. The van der Waals surface area contributed by atoms with E-state index in [1.807, 2.05) is 18.2 Å². The summed E-state index contributed by atoms with van der Waals surface area (Å²) in [5, 5.41) is 5.84. The summed E-state index contributed by atoms with van der Waals surface area (Å²) in [4.78, 5) is 31.7. The van der Waals surface area contributed by atoms with Crippen molar-refractivity contribution in [3.05, 3.63) is 53.1 Å². The zero-order chi connectivity index (χ0) is 17.8. The Balaban J connectivity index is 1.66. The van der Waals surface area contributed by atoms with Crippen LogP contribution >= 0.6 is 0 Å². The van der Waals surface area contributed by atoms with Crippen LogP contribution in [0.1, 0.15) is 64.8 Å². The number of aromatic nitrogens is 2. The average molecular weight is 340 g/mol. The minimum Gasteiger partial charge on any atom is -0.351 e. The van der Waals surface area contributed by atoms with Gasteiger partial charge in [-0.3, -0.25) is 9.59 Å². The SMILES string of the molecule is CC(C)CCNC(=O)c1[nH]cnc1C(=O)NC1CCc2ccccc21. The summed E-state index contributed by atoms with van der Waals surface area (Å²) >= 11 is 0. The molecule has 0 bridgehead atoms. The van der Waals surface area contributed by atoms with Gasteiger partial charge in [-0.2, -0.15) is 0 Å². The van der Waals surface area contributed by atoms with Crippen LogP contribution in [0.5, 0.6) is 0 Å². The molecule has 132 valence electrons. The van der Waals surface area contributed by atoms with Gasteiger partial charge in [0.2, 0.25) is 0 Å². The molecular weight excluding hydrogens is 316 g/mol. The van der Waals surface area contributed by atoms with Gasteiger partial charge in [0.1, 0.15) is 5.69 Å². The topological polar surface area (TPSA) is 86.9 Å². The van der Waals surface area contributed by atoms with Crippen LogP contribution in [0.3, 0.4) is 0 Å². The van der Waals surface area contributed by atoms with Gasteiger partial charge < -0.3 is 15.6 Å². The van der Waals surface area contributed by atoms with Gasteiger partial charge in [0.15, 0.2) is 5.69 Å². The lowest BCUT2D eigenvalue weighted by atomic mass is 10.1. The second-order valence-corrected chi connectivity index (χ2v) is 6.83. The van der Waals surface area contributed by atoms with Crippen LogP contribution in [0.2, 0.25) is 0 Å². The molecule has 2 amide bonds. The number of carbonyl (C=O) groups excluding carboxylic acids is 2. The summed E-state index contributed by atoms with van der Waals surface area (Å²) < 4.78 is 0. The third-order valence-electron chi connectivity index (χ3n) is 4.53. The van der Waals surface area contributed by atoms with Crippen molar-refractivity contribution in [2.24, 2.45) is 5.92 Å². The maximum absolute atomic E-state index is 12.6. The lowest BCUT2D eigenvalue weighted by Gasteiger charge is -2.14. The Bertz CT molecular complexity index is 766. The fraction of sp³-hybridized carbons (Fsp3) is 0.421. The van der Waals surface area contributed by atoms with Crippen LogP contribution in [0.4, 0.5) is 0 Å². The molecule has 0 spiro atoms. The molecule has 1 aliphatic rings. The van der Waals surface area contributed by atoms with Crippen LogP contribution in [-0.4, -0.2) is 28.3 Å². The predicted octanol–water partition coefficient (Wildman–Crippen LogP) is 2.60. The summed E-state index contributed by atoms with van der Waals surface area (Å²) in [5.41, 5.74) is 2.77. The molecule has 1 aromatic carbocycles. The zero-order valence-corrected chi connectivity index (χ0v) is 14.6. The van der Waals surface area contributed by atoms with E-state index in [4.69, 9.17) is 0 Å². The van der Waals surface area contributed by atoms with E-state index in [1.165, 1.54) is 11.9 Å². The zero-order valence-electron chi connectivity index (χ0n) is 14.6. The van der Waals surface area contributed by atoms with Crippen LogP contribution in [0.25, 0.3) is 0 Å². The van der Waals surface area contributed by atoms with E-state index in [-0.39, 0.29) is 29.2 Å². The Morgan fingerprint density at radius 1 is 1.28 bits per heavy atom. The standard InChI is InChI=1S/C19H24N4O2/c1-12(2)9-10-20-18(24)16-17(22-11-21-16)19(25)23-15-8-7-13-5-3-4-6-14(13)15/h3-6,11-12,15H,7-10H2,1-2H3,(H,20,24)(H,21,22)(H,23,25). The molecule has 0 saturated heterocycles. The molecule has 25 heavy (non-hydrogen) atoms. The Kier molecular flexibility index (Phi) is 5.16. The smallest absolute Gasteiger partial charge is 0.272 e. The molecule has 3 rings (SSSR count). The maximum atomic E-state index is 12.6. The fourth-order valence-corrected chi connectivity index (χ4v) is 3.14. The highest BCUT2D eigenvalue weighted by Crippen LogP contribution is 2.30. The number of amides is 2. The van der Waals surface area contributed by atoms with Crippen molar-refractivity contribution in [3.8, 4) is 0 Å². The highest BCUT2D eigenvalue weighted by atomic mass is 16.2. The first-order valence-corrected chi connectivity index (χ1v) is 8.76. The average Bonchev–Trinajstić information content (AvgIpc) is 3.22. The fourth-order valence-electron chi connectivity index (χ4n) is 3.14. The van der Waals surface area contributed by atoms with Crippen molar-refractivity contribution < 1.29 is 9.59 Å². The Morgan fingerprint density at radius 2 is 2.08 bits per heavy atom. The number of fused-ring (bicyclic) bond motifs is 1. The van der Waals surface area contributed by atoms with Gasteiger partial charge in [0.05, 0.1) is 12.4 Å². The van der Waals surface area contributed by atoms with Crippen molar-refractivity contribution >= 4 is 11.8 Å². The number of rotatable bonds is 6. The number of carbonyl (C=O) groups is 2. The highest BCUT2D eigenvalue weighted by Gasteiger charge is 2.27. The van der Waals surface area contributed by atoms with Crippen LogP contribution < -0.4 is 10.6 Å². The molecule has 1 atom stereocenters. The number of benzene rings is 1. The quantitative estimate of drug-likeness (QED) is 0.755.